The topological polar surface area (TPSA) is 40.5 Å². The molecule has 0 atom stereocenters. The van der Waals surface area contributed by atoms with Crippen LogP contribution in [0.2, 0.25) is 0 Å². The van der Waals surface area contributed by atoms with E-state index in [0.717, 1.165) is 29.1 Å². The van der Waals surface area contributed by atoms with Crippen molar-refractivity contribution in [3.8, 4) is 0 Å². The summed E-state index contributed by atoms with van der Waals surface area (Å²) in [5.41, 5.74) is -0.434. The Morgan fingerprint density at radius 1 is 0.741 bits per heavy atom. The molecular weight excluding hydrogens is 391 g/mol. The molecule has 0 unspecified atom stereocenters. The Morgan fingerprint density at radius 3 is 1.74 bits per heavy atom. The number of aryl methyl sites for hydroxylation is 2. The van der Waals surface area contributed by atoms with E-state index in [-0.39, 0.29) is 0 Å². The van der Waals surface area contributed by atoms with Gasteiger partial charge in [-0.3, -0.25) is 0 Å². The number of hydrogen-bond donors (Lipinski definition) is 2. The lowest BCUT2D eigenvalue weighted by atomic mass is 9.96. The lowest BCUT2D eigenvalue weighted by Gasteiger charge is -2.13. The van der Waals surface area contributed by atoms with Gasteiger partial charge in [0.1, 0.15) is 0 Å². The van der Waals surface area contributed by atoms with Crippen LogP contribution >= 0.6 is 17.1 Å². The number of unbranched alkanes of at least 4 members (excludes halogenated alkanes) is 10. The first-order chi connectivity index (χ1) is 13.0. The van der Waals surface area contributed by atoms with E-state index in [4.69, 9.17) is 11.8 Å². The summed E-state index contributed by atoms with van der Waals surface area (Å²) in [5.74, 6) is 0. The van der Waals surface area contributed by atoms with Crippen LogP contribution in [-0.4, -0.2) is 9.79 Å². The van der Waals surface area contributed by atoms with E-state index in [1.807, 2.05) is 6.07 Å². The molecule has 0 heterocycles. The molecule has 27 heavy (non-hydrogen) atoms. The summed E-state index contributed by atoms with van der Waals surface area (Å²) < 4.78 is 0. The Morgan fingerprint density at radius 2 is 1.22 bits per heavy atom. The van der Waals surface area contributed by atoms with E-state index >= 15 is 0 Å². The normalized spacial score (nSPS) is 11.9. The minimum Gasteiger partial charge on any atom is -0.337 e. The highest BCUT2D eigenvalue weighted by atomic mass is 32.9. The van der Waals surface area contributed by atoms with Crippen LogP contribution in [-0.2, 0) is 24.6 Å². The number of hydrogen-bond acceptors (Lipinski definition) is 2. The van der Waals surface area contributed by atoms with Gasteiger partial charge in [0.05, 0.1) is 0 Å². The van der Waals surface area contributed by atoms with Gasteiger partial charge in [-0.1, -0.05) is 84.1 Å². The van der Waals surface area contributed by atoms with Gasteiger partial charge >= 0.3 is 0 Å². The molecule has 0 bridgehead atoms. The first-order valence-corrected chi connectivity index (χ1v) is 15.0. The third-order valence-electron chi connectivity index (χ3n) is 5.00. The third kappa shape index (κ3) is 13.1. The first-order valence-electron chi connectivity index (χ1n) is 10.8. The molecule has 0 aliphatic rings. The van der Waals surface area contributed by atoms with Crippen LogP contribution in [0.3, 0.4) is 0 Å². The number of benzene rings is 1. The Hall–Kier alpha value is 0.140. The van der Waals surface area contributed by atoms with Crippen molar-refractivity contribution in [2.75, 3.05) is 0 Å². The second kappa shape index (κ2) is 15.0. The summed E-state index contributed by atoms with van der Waals surface area (Å²) in [5, 5.41) is 0. The standard InChI is InChI=1S/C22H39O2PS2/c1-3-5-7-9-11-13-15-20-17-18-22(27-25(23,24)26)19-21(20)16-14-12-10-8-6-4-2/h17-19H,3-16H2,1-2H3,(H2,23,24,26). The van der Waals surface area contributed by atoms with Crippen LogP contribution in [0.25, 0.3) is 0 Å². The zero-order valence-electron chi connectivity index (χ0n) is 17.3. The summed E-state index contributed by atoms with van der Waals surface area (Å²) in [6, 6.07) is 6.34. The summed E-state index contributed by atoms with van der Waals surface area (Å²) in [6.07, 6.45) is 17.9. The number of rotatable bonds is 16. The van der Waals surface area contributed by atoms with Crippen LogP contribution in [0, 0.1) is 0 Å². The maximum Gasteiger partial charge on any atom is 0.246 e. The van der Waals surface area contributed by atoms with Crippen molar-refractivity contribution in [3.05, 3.63) is 29.3 Å². The van der Waals surface area contributed by atoms with Crippen molar-refractivity contribution in [1.29, 1.82) is 0 Å². The zero-order chi connectivity index (χ0) is 20.0. The summed E-state index contributed by atoms with van der Waals surface area (Å²) >= 11 is 5.84. The van der Waals surface area contributed by atoms with Crippen molar-refractivity contribution in [2.24, 2.45) is 0 Å². The molecule has 0 spiro atoms. The minimum absolute atomic E-state index is 0.899. The molecule has 156 valence electrons. The molecule has 0 saturated carbocycles. The lowest BCUT2D eigenvalue weighted by molar-refractivity contribution is 0.502. The quantitative estimate of drug-likeness (QED) is 0.207. The Kier molecular flexibility index (Phi) is 14.0. The maximum absolute atomic E-state index is 9.62. The smallest absolute Gasteiger partial charge is 0.246 e. The largest absolute Gasteiger partial charge is 0.337 e. The molecule has 0 aliphatic heterocycles. The van der Waals surface area contributed by atoms with Crippen molar-refractivity contribution in [3.63, 3.8) is 0 Å². The lowest BCUT2D eigenvalue weighted by Crippen LogP contribution is -1.96. The highest BCUT2D eigenvalue weighted by Gasteiger charge is 2.12. The molecule has 0 saturated heterocycles. The van der Waals surface area contributed by atoms with Gasteiger partial charge < -0.3 is 9.79 Å². The molecule has 2 nitrogen and oxygen atoms in total. The van der Waals surface area contributed by atoms with E-state index in [2.05, 4.69) is 26.0 Å². The van der Waals surface area contributed by atoms with Gasteiger partial charge in [-0.05, 0) is 72.1 Å². The highest BCUT2D eigenvalue weighted by Crippen LogP contribution is 2.55. The van der Waals surface area contributed by atoms with Gasteiger partial charge in [0.2, 0.25) is 5.69 Å². The van der Waals surface area contributed by atoms with Crippen molar-refractivity contribution >= 4 is 28.9 Å². The fourth-order valence-corrected chi connectivity index (χ4v) is 6.00. The van der Waals surface area contributed by atoms with Crippen molar-refractivity contribution in [1.82, 2.24) is 0 Å². The van der Waals surface area contributed by atoms with E-state index in [1.165, 1.54) is 88.2 Å². The summed E-state index contributed by atoms with van der Waals surface area (Å²) in [7, 11) is 0. The predicted octanol–water partition coefficient (Wildman–Crippen LogP) is 7.79. The minimum atomic E-state index is -3.25. The second-order valence-electron chi connectivity index (χ2n) is 7.55. The molecule has 0 amide bonds. The van der Waals surface area contributed by atoms with Crippen molar-refractivity contribution in [2.45, 2.75) is 109 Å². The van der Waals surface area contributed by atoms with Crippen LogP contribution in [0.1, 0.15) is 102 Å². The average molecular weight is 431 g/mol. The molecule has 1 aromatic rings. The average Bonchev–Trinajstić information content (AvgIpc) is 2.61. The summed E-state index contributed by atoms with van der Waals surface area (Å²) in [6.45, 7) is 4.51. The molecule has 0 aliphatic carbocycles. The van der Waals surface area contributed by atoms with Crippen LogP contribution in [0.4, 0.5) is 0 Å². The summed E-state index contributed by atoms with van der Waals surface area (Å²) in [4.78, 5) is 20.1. The Bertz CT molecular complexity index is 557. The van der Waals surface area contributed by atoms with E-state index in [0.29, 0.717) is 0 Å². The molecule has 2 N–H and O–H groups in total. The van der Waals surface area contributed by atoms with Gasteiger partial charge in [0, 0.05) is 4.90 Å². The van der Waals surface area contributed by atoms with Crippen LogP contribution in [0.5, 0.6) is 0 Å². The molecule has 1 aromatic carbocycles. The maximum atomic E-state index is 9.62. The van der Waals surface area contributed by atoms with E-state index in [9.17, 15) is 9.79 Å². The monoisotopic (exact) mass is 430 g/mol. The molecule has 0 fully saturated rings. The van der Waals surface area contributed by atoms with Gasteiger partial charge in [0.15, 0.2) is 0 Å². The second-order valence-corrected chi connectivity index (χ2v) is 13.5. The zero-order valence-corrected chi connectivity index (χ0v) is 19.8. The predicted molar refractivity (Wildman–Crippen MR) is 125 cm³/mol. The van der Waals surface area contributed by atoms with E-state index in [1.54, 1.807) is 0 Å². The van der Waals surface area contributed by atoms with E-state index < -0.39 is 5.69 Å². The molecule has 5 heteroatoms. The van der Waals surface area contributed by atoms with Gasteiger partial charge in [-0.2, -0.15) is 0 Å². The van der Waals surface area contributed by atoms with Crippen LogP contribution in [0.15, 0.2) is 23.1 Å². The molecular formula is C22H39O2PS2. The third-order valence-corrected chi connectivity index (χ3v) is 7.72. The van der Waals surface area contributed by atoms with Gasteiger partial charge in [0.25, 0.3) is 0 Å². The highest BCUT2D eigenvalue weighted by molar-refractivity contribution is 8.67. The molecule has 0 aromatic heterocycles. The van der Waals surface area contributed by atoms with Crippen molar-refractivity contribution < 1.29 is 9.79 Å². The van der Waals surface area contributed by atoms with Crippen LogP contribution < -0.4 is 0 Å². The fraction of sp³-hybridized carbons (Fsp3) is 0.727. The van der Waals surface area contributed by atoms with Gasteiger partial charge in [-0.15, -0.1) is 0 Å². The molecule has 0 radical (unpaired) electrons. The fourth-order valence-electron chi connectivity index (χ4n) is 3.46. The molecule has 1 rings (SSSR count). The first kappa shape index (κ1) is 25.2. The SMILES string of the molecule is CCCCCCCCc1ccc(SP(O)(O)=S)cc1CCCCCCCC. The Balaban J connectivity index is 2.59. The van der Waals surface area contributed by atoms with Gasteiger partial charge in [-0.25, -0.2) is 0 Å². The Labute approximate surface area is 176 Å².